The number of hydrogen-bond acceptors (Lipinski definition) is 4. The summed E-state index contributed by atoms with van der Waals surface area (Å²) in [4.78, 5) is 0. The van der Waals surface area contributed by atoms with Gasteiger partial charge in [0, 0.05) is 12.0 Å². The minimum atomic E-state index is 0.220. The van der Waals surface area contributed by atoms with Gasteiger partial charge in [-0.2, -0.15) is 0 Å². The maximum Gasteiger partial charge on any atom is 0.164 e. The van der Waals surface area contributed by atoms with E-state index in [0.29, 0.717) is 18.0 Å². The Morgan fingerprint density at radius 3 is 2.04 bits per heavy atom. The van der Waals surface area contributed by atoms with E-state index in [2.05, 4.69) is 32.0 Å². The van der Waals surface area contributed by atoms with Crippen LogP contribution >= 0.6 is 0 Å². The summed E-state index contributed by atoms with van der Waals surface area (Å²) in [5, 5.41) is 0. The zero-order valence-electron chi connectivity index (χ0n) is 15.2. The number of nitrogens with two attached hydrogens (primary N) is 1. The lowest BCUT2D eigenvalue weighted by molar-refractivity contribution is 0.347. The maximum absolute atomic E-state index is 6.08. The van der Waals surface area contributed by atoms with Crippen LogP contribution < -0.4 is 19.9 Å². The lowest BCUT2D eigenvalue weighted by Crippen LogP contribution is -2.16. The van der Waals surface area contributed by atoms with Gasteiger partial charge < -0.3 is 19.9 Å². The molecule has 1 unspecified atom stereocenters. The number of benzene rings is 2. The van der Waals surface area contributed by atoms with Crippen molar-refractivity contribution in [2.45, 2.75) is 26.2 Å². The van der Waals surface area contributed by atoms with Crippen molar-refractivity contribution in [3.8, 4) is 17.2 Å². The maximum atomic E-state index is 6.08. The SMILES string of the molecule is COc1cc(OC)c(OC)cc1CC(CN)c1ccc(C)cc1C. The van der Waals surface area contributed by atoms with Crippen molar-refractivity contribution in [3.63, 3.8) is 0 Å². The molecule has 0 aliphatic rings. The van der Waals surface area contributed by atoms with E-state index in [1.807, 2.05) is 12.1 Å². The van der Waals surface area contributed by atoms with Gasteiger partial charge in [-0.05, 0) is 49.6 Å². The highest BCUT2D eigenvalue weighted by Crippen LogP contribution is 2.37. The van der Waals surface area contributed by atoms with Crippen LogP contribution in [0.4, 0.5) is 0 Å². The summed E-state index contributed by atoms with van der Waals surface area (Å²) in [6.07, 6.45) is 0.782. The quantitative estimate of drug-likeness (QED) is 0.843. The topological polar surface area (TPSA) is 53.7 Å². The molecule has 24 heavy (non-hydrogen) atoms. The fraction of sp³-hybridized carbons (Fsp3) is 0.400. The summed E-state index contributed by atoms with van der Waals surface area (Å²) in [7, 11) is 4.92. The van der Waals surface area contributed by atoms with Crippen LogP contribution in [0.2, 0.25) is 0 Å². The van der Waals surface area contributed by atoms with Crippen LogP contribution in [0, 0.1) is 13.8 Å². The first-order valence-corrected chi connectivity index (χ1v) is 8.10. The van der Waals surface area contributed by atoms with Crippen molar-refractivity contribution >= 4 is 0 Å². The molecular weight excluding hydrogens is 302 g/mol. The van der Waals surface area contributed by atoms with Gasteiger partial charge in [-0.15, -0.1) is 0 Å². The number of hydrogen-bond donors (Lipinski definition) is 1. The fourth-order valence-electron chi connectivity index (χ4n) is 3.12. The highest BCUT2D eigenvalue weighted by Gasteiger charge is 2.18. The molecule has 0 aliphatic heterocycles. The summed E-state index contributed by atoms with van der Waals surface area (Å²) in [6, 6.07) is 10.4. The van der Waals surface area contributed by atoms with E-state index in [-0.39, 0.29) is 5.92 Å². The van der Waals surface area contributed by atoms with Gasteiger partial charge in [0.1, 0.15) is 5.75 Å². The highest BCUT2D eigenvalue weighted by molar-refractivity contribution is 5.51. The Kier molecular flexibility index (Phi) is 6.10. The molecule has 130 valence electrons. The number of aryl methyl sites for hydroxylation is 2. The van der Waals surface area contributed by atoms with Crippen LogP contribution in [0.15, 0.2) is 30.3 Å². The molecule has 0 heterocycles. The third-order valence-corrected chi connectivity index (χ3v) is 4.40. The Morgan fingerprint density at radius 1 is 0.875 bits per heavy atom. The lowest BCUT2D eigenvalue weighted by atomic mass is 9.88. The number of methoxy groups -OCH3 is 3. The molecule has 0 radical (unpaired) electrons. The van der Waals surface area contributed by atoms with Crippen molar-refractivity contribution in [2.24, 2.45) is 5.73 Å². The Hall–Kier alpha value is -2.20. The standard InChI is InChI=1S/C20H27NO3/c1-13-6-7-17(14(2)8-13)16(12-21)9-15-10-19(23-4)20(24-5)11-18(15)22-3/h6-8,10-11,16H,9,12,21H2,1-5H3. The second-order valence-corrected chi connectivity index (χ2v) is 6.02. The van der Waals surface area contributed by atoms with Gasteiger partial charge in [0.25, 0.3) is 0 Å². The molecule has 0 bridgehead atoms. The molecule has 2 rings (SSSR count). The average Bonchev–Trinajstić information content (AvgIpc) is 2.59. The van der Waals surface area contributed by atoms with Crippen LogP contribution in [-0.4, -0.2) is 27.9 Å². The van der Waals surface area contributed by atoms with Crippen molar-refractivity contribution < 1.29 is 14.2 Å². The Balaban J connectivity index is 2.40. The monoisotopic (exact) mass is 329 g/mol. The average molecular weight is 329 g/mol. The molecule has 0 saturated carbocycles. The van der Waals surface area contributed by atoms with E-state index in [0.717, 1.165) is 17.7 Å². The number of ether oxygens (including phenoxy) is 3. The van der Waals surface area contributed by atoms with Crippen LogP contribution in [-0.2, 0) is 6.42 Å². The van der Waals surface area contributed by atoms with Crippen LogP contribution in [0.25, 0.3) is 0 Å². The van der Waals surface area contributed by atoms with Gasteiger partial charge in [0.05, 0.1) is 21.3 Å². The molecule has 0 aliphatic carbocycles. The minimum absolute atomic E-state index is 0.220. The van der Waals surface area contributed by atoms with Gasteiger partial charge in [-0.25, -0.2) is 0 Å². The zero-order chi connectivity index (χ0) is 17.7. The Bertz CT molecular complexity index is 698. The summed E-state index contributed by atoms with van der Waals surface area (Å²) < 4.78 is 16.3. The molecular formula is C20H27NO3. The van der Waals surface area contributed by atoms with E-state index in [4.69, 9.17) is 19.9 Å². The smallest absolute Gasteiger partial charge is 0.164 e. The van der Waals surface area contributed by atoms with E-state index in [9.17, 15) is 0 Å². The second kappa shape index (κ2) is 8.06. The highest BCUT2D eigenvalue weighted by atomic mass is 16.5. The van der Waals surface area contributed by atoms with E-state index < -0.39 is 0 Å². The van der Waals surface area contributed by atoms with Crippen molar-refractivity contribution in [2.75, 3.05) is 27.9 Å². The second-order valence-electron chi connectivity index (χ2n) is 6.02. The molecule has 2 aromatic carbocycles. The van der Waals surface area contributed by atoms with Gasteiger partial charge in [0.15, 0.2) is 11.5 Å². The Labute approximate surface area is 144 Å². The van der Waals surface area contributed by atoms with Gasteiger partial charge in [-0.3, -0.25) is 0 Å². The molecule has 0 saturated heterocycles. The first-order chi connectivity index (χ1) is 11.5. The van der Waals surface area contributed by atoms with Crippen LogP contribution in [0.1, 0.15) is 28.2 Å². The summed E-state index contributed by atoms with van der Waals surface area (Å²) in [5.41, 5.74) is 10.9. The van der Waals surface area contributed by atoms with Crippen molar-refractivity contribution in [1.82, 2.24) is 0 Å². The molecule has 0 amide bonds. The number of rotatable bonds is 7. The predicted molar refractivity (Wildman–Crippen MR) is 97.5 cm³/mol. The lowest BCUT2D eigenvalue weighted by Gasteiger charge is -2.21. The Morgan fingerprint density at radius 2 is 1.50 bits per heavy atom. The molecule has 1 atom stereocenters. The van der Waals surface area contributed by atoms with Crippen molar-refractivity contribution in [3.05, 3.63) is 52.6 Å². The normalized spacial score (nSPS) is 11.9. The molecule has 4 heteroatoms. The van der Waals surface area contributed by atoms with Gasteiger partial charge in [-0.1, -0.05) is 23.8 Å². The van der Waals surface area contributed by atoms with E-state index in [1.54, 1.807) is 21.3 Å². The largest absolute Gasteiger partial charge is 0.496 e. The summed E-state index contributed by atoms with van der Waals surface area (Å²) in [5.74, 6) is 2.37. The van der Waals surface area contributed by atoms with Gasteiger partial charge in [0.2, 0.25) is 0 Å². The van der Waals surface area contributed by atoms with Crippen LogP contribution in [0.3, 0.4) is 0 Å². The first-order valence-electron chi connectivity index (χ1n) is 8.10. The predicted octanol–water partition coefficient (Wildman–Crippen LogP) is 3.61. The fourth-order valence-corrected chi connectivity index (χ4v) is 3.12. The minimum Gasteiger partial charge on any atom is -0.496 e. The molecule has 2 N–H and O–H groups in total. The summed E-state index contributed by atoms with van der Waals surface area (Å²) in [6.45, 7) is 4.81. The van der Waals surface area contributed by atoms with Gasteiger partial charge >= 0.3 is 0 Å². The molecule has 0 aromatic heterocycles. The first kappa shape index (κ1) is 18.1. The van der Waals surface area contributed by atoms with E-state index in [1.165, 1.54) is 16.7 Å². The molecule has 4 nitrogen and oxygen atoms in total. The third kappa shape index (κ3) is 3.82. The van der Waals surface area contributed by atoms with Crippen LogP contribution in [0.5, 0.6) is 17.2 Å². The van der Waals surface area contributed by atoms with Crippen molar-refractivity contribution in [1.29, 1.82) is 0 Å². The van der Waals surface area contributed by atoms with E-state index >= 15 is 0 Å². The molecule has 2 aromatic rings. The molecule has 0 fully saturated rings. The zero-order valence-corrected chi connectivity index (χ0v) is 15.2. The molecule has 0 spiro atoms. The third-order valence-electron chi connectivity index (χ3n) is 4.40. The summed E-state index contributed by atoms with van der Waals surface area (Å²) >= 11 is 0.